The summed E-state index contributed by atoms with van der Waals surface area (Å²) in [6, 6.07) is 0. The van der Waals surface area contributed by atoms with E-state index in [4.69, 9.17) is 9.11 Å². The Kier molecular flexibility index (Phi) is 4.90. The first kappa shape index (κ1) is 12.7. The van der Waals surface area contributed by atoms with Crippen LogP contribution in [0.4, 0.5) is 0 Å². The maximum absolute atomic E-state index is 9.37. The second kappa shape index (κ2) is 3.46. The van der Waals surface area contributed by atoms with Crippen molar-refractivity contribution in [2.45, 2.75) is 0 Å². The molecule has 0 atom stereocenters. The van der Waals surface area contributed by atoms with E-state index in [2.05, 4.69) is 0 Å². The van der Waals surface area contributed by atoms with Gasteiger partial charge in [0.1, 0.15) is 0 Å². The third kappa shape index (κ3) is 4.48. The van der Waals surface area contributed by atoms with Gasteiger partial charge in [-0.25, -0.2) is 0 Å². The van der Waals surface area contributed by atoms with Crippen LogP contribution in [-0.2, 0) is 18.3 Å². The molecule has 6 nitrogen and oxygen atoms in total. The zero-order valence-corrected chi connectivity index (χ0v) is 7.89. The summed E-state index contributed by atoms with van der Waals surface area (Å²) in [4.78, 5) is 0. The molecule has 0 radical (unpaired) electrons. The quantitative estimate of drug-likeness (QED) is 0.306. The summed E-state index contributed by atoms with van der Waals surface area (Å²) >= 11 is 0. The molecule has 0 aliphatic carbocycles. The summed E-state index contributed by atoms with van der Waals surface area (Å²) < 4.78 is 52.5. The van der Waals surface area contributed by atoms with Gasteiger partial charge in [0.25, 0.3) is 0 Å². The van der Waals surface area contributed by atoms with Crippen LogP contribution in [0.1, 0.15) is 2.85 Å². The third-order valence-electron chi connectivity index (χ3n) is 0.266. The van der Waals surface area contributed by atoms with Gasteiger partial charge in [0, 0.05) is 0 Å². The fraction of sp³-hybridized carbons (Fsp3) is 0. The van der Waals surface area contributed by atoms with Crippen LogP contribution in [0.2, 0.25) is 0 Å². The largest absolute Gasteiger partial charge is 2.00 e. The molecular formula is H4CaO6S2. The summed E-state index contributed by atoms with van der Waals surface area (Å²) in [6.45, 7) is 0. The van der Waals surface area contributed by atoms with Crippen molar-refractivity contribution in [1.82, 2.24) is 0 Å². The Bertz CT molecular complexity index is 231. The smallest absolute Gasteiger partial charge is 1.00 e. The van der Waals surface area contributed by atoms with Gasteiger partial charge in [-0.2, -0.15) is 16.8 Å². The second-order valence-corrected chi connectivity index (χ2v) is 5.09. The fourth-order valence-corrected chi connectivity index (χ4v) is 0. The Balaban J connectivity index is -0.0000000817. The minimum absolute atomic E-state index is 0. The van der Waals surface area contributed by atoms with Crippen molar-refractivity contribution < 1.29 is 28.8 Å². The van der Waals surface area contributed by atoms with Crippen LogP contribution in [0.5, 0.6) is 0 Å². The van der Waals surface area contributed by atoms with Crippen molar-refractivity contribution in [3.05, 3.63) is 0 Å². The van der Waals surface area contributed by atoms with Crippen molar-refractivity contribution in [3.8, 4) is 0 Å². The van der Waals surface area contributed by atoms with Gasteiger partial charge >= 0.3 is 56.0 Å². The molecule has 0 spiro atoms. The fourth-order valence-electron chi connectivity index (χ4n) is 0. The van der Waals surface area contributed by atoms with E-state index in [1.54, 1.807) is 0 Å². The van der Waals surface area contributed by atoms with Crippen molar-refractivity contribution in [3.63, 3.8) is 0 Å². The van der Waals surface area contributed by atoms with Gasteiger partial charge in [0.05, 0.1) is 0 Å². The minimum atomic E-state index is -5.31. The average molecular weight is 204 g/mol. The molecule has 54 valence electrons. The number of hydrogen-bond acceptors (Lipinski definition) is 4. The Hall–Kier alpha value is 1.08. The van der Waals surface area contributed by atoms with E-state index in [1.165, 1.54) is 0 Å². The molecule has 0 aromatic heterocycles. The number of rotatable bonds is 1. The van der Waals surface area contributed by atoms with Crippen LogP contribution in [0.3, 0.4) is 0 Å². The maximum atomic E-state index is 9.37. The van der Waals surface area contributed by atoms with Crippen LogP contribution in [0.25, 0.3) is 0 Å². The summed E-state index contributed by atoms with van der Waals surface area (Å²) in [5.74, 6) is 0. The molecule has 0 fully saturated rings. The summed E-state index contributed by atoms with van der Waals surface area (Å²) in [5.41, 5.74) is 0. The molecule has 0 amide bonds. The first-order valence-electron chi connectivity index (χ1n) is 1.20. The Morgan fingerprint density at radius 3 is 1.00 bits per heavy atom. The van der Waals surface area contributed by atoms with E-state index in [0.717, 1.165) is 0 Å². The van der Waals surface area contributed by atoms with Crippen molar-refractivity contribution in [2.24, 2.45) is 0 Å². The molecule has 0 bridgehead atoms. The van der Waals surface area contributed by atoms with Crippen molar-refractivity contribution >= 4 is 56.0 Å². The van der Waals surface area contributed by atoms with Gasteiger partial charge in [-0.05, 0) is 0 Å². The van der Waals surface area contributed by atoms with Crippen molar-refractivity contribution in [2.75, 3.05) is 0 Å². The maximum Gasteiger partial charge on any atom is 2.00 e. The van der Waals surface area contributed by atoms with Crippen LogP contribution >= 0.6 is 0 Å². The summed E-state index contributed by atoms with van der Waals surface area (Å²) in [6.07, 6.45) is 0. The summed E-state index contributed by atoms with van der Waals surface area (Å²) in [5, 5.41) is 0. The number of hydrogen-bond donors (Lipinski definition) is 2. The van der Waals surface area contributed by atoms with Crippen LogP contribution in [-0.4, -0.2) is 63.7 Å². The normalized spacial score (nSPS) is 12.2. The predicted octanol–water partition coefficient (Wildman–Crippen LogP) is -1.48. The zero-order chi connectivity index (χ0) is 7.00. The van der Waals surface area contributed by atoms with Crippen LogP contribution < -0.4 is 0 Å². The molecule has 9 heteroatoms. The van der Waals surface area contributed by atoms with E-state index < -0.39 is 18.3 Å². The standard InChI is InChI=1S/Ca.H2O6S2.2H/c;1-7(2,3)8(4,5)6;;/h;(H,1,2,3)(H,4,5,6);;/q+2;;2*-1. The molecule has 2 N–H and O–H groups in total. The summed E-state index contributed by atoms with van der Waals surface area (Å²) in [7, 11) is -10.6. The molecule has 0 heterocycles. The van der Waals surface area contributed by atoms with E-state index in [9.17, 15) is 16.8 Å². The third-order valence-corrected chi connectivity index (χ3v) is 2.40. The predicted molar refractivity (Wildman–Crippen MR) is 31.1 cm³/mol. The van der Waals surface area contributed by atoms with Gasteiger partial charge in [-0.1, -0.05) is 0 Å². The average Bonchev–Trinajstić information content (AvgIpc) is 1.25. The monoisotopic (exact) mass is 204 g/mol. The molecule has 0 unspecified atom stereocenters. The molecule has 9 heavy (non-hydrogen) atoms. The molecular weight excluding hydrogens is 200 g/mol. The van der Waals surface area contributed by atoms with Crippen molar-refractivity contribution in [1.29, 1.82) is 0 Å². The Morgan fingerprint density at radius 2 is 1.00 bits per heavy atom. The van der Waals surface area contributed by atoms with Crippen LogP contribution in [0.15, 0.2) is 0 Å². The van der Waals surface area contributed by atoms with E-state index in [0.29, 0.717) is 0 Å². The topological polar surface area (TPSA) is 109 Å². The van der Waals surface area contributed by atoms with Gasteiger partial charge < -0.3 is 2.85 Å². The van der Waals surface area contributed by atoms with Gasteiger partial charge in [-0.15, -0.1) is 0 Å². The Morgan fingerprint density at radius 1 is 0.889 bits per heavy atom. The molecule has 0 aromatic rings. The minimum Gasteiger partial charge on any atom is -1.00 e. The SMILES string of the molecule is O=S(=O)(O)S(=O)(=O)O.[Ca+2].[H-].[H-]. The van der Waals surface area contributed by atoms with Gasteiger partial charge in [0.2, 0.25) is 0 Å². The Labute approximate surface area is 84.1 Å². The first-order chi connectivity index (χ1) is 3.25. The molecule has 0 aliphatic heterocycles. The van der Waals surface area contributed by atoms with E-state index in [1.807, 2.05) is 0 Å². The van der Waals surface area contributed by atoms with E-state index in [-0.39, 0.29) is 40.6 Å². The van der Waals surface area contributed by atoms with Gasteiger partial charge in [0.15, 0.2) is 0 Å². The van der Waals surface area contributed by atoms with Crippen LogP contribution in [0, 0.1) is 0 Å². The molecule has 0 aromatic carbocycles. The molecule has 0 saturated carbocycles. The molecule has 0 saturated heterocycles. The molecule has 0 aliphatic rings. The second-order valence-electron chi connectivity index (χ2n) is 0.855. The van der Waals surface area contributed by atoms with Gasteiger partial charge in [-0.3, -0.25) is 9.11 Å². The molecule has 0 rings (SSSR count). The first-order valence-corrected chi connectivity index (χ1v) is 4.60. The van der Waals surface area contributed by atoms with E-state index >= 15 is 0 Å². The zero-order valence-electron chi connectivity index (χ0n) is 6.05.